The Hall–Kier alpha value is -1.60. The van der Waals surface area contributed by atoms with E-state index in [1.54, 1.807) is 27.0 Å². The summed E-state index contributed by atoms with van der Waals surface area (Å²) in [6, 6.07) is 1.59. The fourth-order valence-corrected chi connectivity index (χ4v) is 1.33. The summed E-state index contributed by atoms with van der Waals surface area (Å²) in [6.07, 6.45) is 1.47. The SMILES string of the molecule is CNC(=O)c1cc([B]OC(C)(C)C(C)(C)[OH2+])c(OC)cn1. The van der Waals surface area contributed by atoms with Gasteiger partial charge in [-0.1, -0.05) is 0 Å². The molecule has 0 fully saturated rings. The van der Waals surface area contributed by atoms with E-state index >= 15 is 0 Å². The second-order valence-corrected chi connectivity index (χ2v) is 5.76. The van der Waals surface area contributed by atoms with E-state index in [1.807, 2.05) is 13.8 Å². The zero-order valence-corrected chi connectivity index (χ0v) is 13.4. The Labute approximate surface area is 126 Å². The molecule has 1 rings (SSSR count). The first kappa shape index (κ1) is 17.5. The zero-order valence-electron chi connectivity index (χ0n) is 13.4. The lowest BCUT2D eigenvalue weighted by molar-refractivity contribution is -0.0893. The van der Waals surface area contributed by atoms with Gasteiger partial charge in [0.05, 0.1) is 13.3 Å². The first-order valence-corrected chi connectivity index (χ1v) is 6.64. The van der Waals surface area contributed by atoms with E-state index in [0.717, 1.165) is 0 Å². The van der Waals surface area contributed by atoms with Crippen LogP contribution < -0.4 is 15.5 Å². The number of amides is 1. The molecule has 21 heavy (non-hydrogen) atoms. The summed E-state index contributed by atoms with van der Waals surface area (Å²) < 4.78 is 11.0. The van der Waals surface area contributed by atoms with Gasteiger partial charge in [-0.25, -0.2) is 4.98 Å². The van der Waals surface area contributed by atoms with Gasteiger partial charge >= 0.3 is 7.48 Å². The van der Waals surface area contributed by atoms with Gasteiger partial charge in [0, 0.05) is 20.9 Å². The summed E-state index contributed by atoms with van der Waals surface area (Å²) >= 11 is 0. The number of aromatic nitrogens is 1. The van der Waals surface area contributed by atoms with Crippen LogP contribution in [0.4, 0.5) is 0 Å². The molecule has 1 amide bonds. The Morgan fingerprint density at radius 2 is 2.00 bits per heavy atom. The number of hydrogen-bond donors (Lipinski definition) is 1. The molecule has 0 aromatic carbocycles. The lowest BCUT2D eigenvalue weighted by Gasteiger charge is -2.33. The van der Waals surface area contributed by atoms with Gasteiger partial charge in [-0.3, -0.25) is 4.79 Å². The summed E-state index contributed by atoms with van der Waals surface area (Å²) in [5.41, 5.74) is -0.610. The molecular formula is C14H23BN2O4+. The van der Waals surface area contributed by atoms with Crippen LogP contribution in [0, 0.1) is 0 Å². The van der Waals surface area contributed by atoms with Crippen LogP contribution >= 0.6 is 0 Å². The molecule has 0 aliphatic heterocycles. The Kier molecular flexibility index (Phi) is 5.36. The van der Waals surface area contributed by atoms with Crippen LogP contribution in [0.3, 0.4) is 0 Å². The summed E-state index contributed by atoms with van der Waals surface area (Å²) in [7, 11) is 4.57. The topological polar surface area (TPSA) is 83.3 Å². The highest BCUT2D eigenvalue weighted by Gasteiger charge is 2.40. The summed E-state index contributed by atoms with van der Waals surface area (Å²) in [5.74, 6) is 0.216. The molecule has 115 valence electrons. The van der Waals surface area contributed by atoms with Crippen molar-refractivity contribution in [1.29, 1.82) is 0 Å². The molecule has 3 N–H and O–H groups in total. The summed E-state index contributed by atoms with van der Waals surface area (Å²) in [6.45, 7) is 7.23. The fraction of sp³-hybridized carbons (Fsp3) is 0.571. The average molecular weight is 294 g/mol. The minimum Gasteiger partial charge on any atom is -0.496 e. The maximum Gasteiger partial charge on any atom is 0.335 e. The van der Waals surface area contributed by atoms with Crippen molar-refractivity contribution in [3.05, 3.63) is 18.0 Å². The standard InChI is InChI=1S/C14H22BN2O4/c1-13(2,19)14(3,4)21-15-9-7-10(12(18)16-5)17-8-11(9)20-6/h7-8,19H,1-6H3,(H,16,18)/p+1. The van der Waals surface area contributed by atoms with E-state index in [-0.39, 0.29) is 11.6 Å². The molecule has 0 bridgehead atoms. The smallest absolute Gasteiger partial charge is 0.335 e. The molecule has 1 heterocycles. The number of rotatable bonds is 6. The van der Waals surface area contributed by atoms with Crippen LogP contribution in [-0.4, -0.2) is 48.8 Å². The third kappa shape index (κ3) is 4.18. The highest BCUT2D eigenvalue weighted by atomic mass is 16.5. The van der Waals surface area contributed by atoms with E-state index in [4.69, 9.17) is 14.5 Å². The van der Waals surface area contributed by atoms with E-state index in [0.29, 0.717) is 11.2 Å². The van der Waals surface area contributed by atoms with Crippen molar-refractivity contribution in [2.45, 2.75) is 38.9 Å². The molecule has 0 aliphatic carbocycles. The van der Waals surface area contributed by atoms with Gasteiger partial charge in [0.15, 0.2) is 5.60 Å². The molecule has 1 aromatic rings. The number of carbonyl (C=O) groups is 1. The lowest BCUT2D eigenvalue weighted by atomic mass is 9.82. The van der Waals surface area contributed by atoms with Gasteiger partial charge in [0.25, 0.3) is 5.91 Å². The van der Waals surface area contributed by atoms with Gasteiger partial charge < -0.3 is 19.8 Å². The van der Waals surface area contributed by atoms with Crippen molar-refractivity contribution in [2.75, 3.05) is 14.2 Å². The number of methoxy groups -OCH3 is 1. The van der Waals surface area contributed by atoms with Crippen LogP contribution in [0.1, 0.15) is 38.2 Å². The van der Waals surface area contributed by atoms with Crippen LogP contribution in [0.5, 0.6) is 5.75 Å². The van der Waals surface area contributed by atoms with E-state index < -0.39 is 11.2 Å². The Morgan fingerprint density at radius 3 is 2.48 bits per heavy atom. The maximum atomic E-state index is 11.6. The normalized spacial score (nSPS) is 12.0. The predicted octanol–water partition coefficient (Wildman–Crippen LogP) is -0.00730. The van der Waals surface area contributed by atoms with Gasteiger partial charge in [-0.15, -0.1) is 0 Å². The largest absolute Gasteiger partial charge is 0.496 e. The van der Waals surface area contributed by atoms with Crippen LogP contribution in [0.2, 0.25) is 0 Å². The van der Waals surface area contributed by atoms with E-state index in [1.165, 1.54) is 20.8 Å². The highest BCUT2D eigenvalue weighted by molar-refractivity contribution is 6.48. The summed E-state index contributed by atoms with van der Waals surface area (Å²) in [4.78, 5) is 15.7. The second kappa shape index (κ2) is 6.45. The zero-order chi connectivity index (χ0) is 16.3. The molecule has 0 aliphatic rings. The van der Waals surface area contributed by atoms with Crippen molar-refractivity contribution < 1.29 is 19.3 Å². The molecule has 0 saturated carbocycles. The van der Waals surface area contributed by atoms with Crippen molar-refractivity contribution in [1.82, 2.24) is 10.3 Å². The fourth-order valence-electron chi connectivity index (χ4n) is 1.33. The number of pyridine rings is 1. The third-order valence-corrected chi connectivity index (χ3v) is 3.56. The van der Waals surface area contributed by atoms with Gasteiger partial charge in [-0.05, 0) is 25.4 Å². The molecule has 0 spiro atoms. The molecule has 1 radical (unpaired) electrons. The van der Waals surface area contributed by atoms with Gasteiger partial charge in [0.1, 0.15) is 17.0 Å². The van der Waals surface area contributed by atoms with Gasteiger partial charge in [-0.2, -0.15) is 0 Å². The van der Waals surface area contributed by atoms with Crippen molar-refractivity contribution in [2.24, 2.45) is 0 Å². The van der Waals surface area contributed by atoms with Gasteiger partial charge in [0.2, 0.25) is 0 Å². The number of nitrogens with zero attached hydrogens (tertiary/aromatic N) is 1. The average Bonchev–Trinajstić information content (AvgIpc) is 2.42. The molecule has 6 nitrogen and oxygen atoms in total. The molecule has 0 atom stereocenters. The molecule has 0 unspecified atom stereocenters. The quantitative estimate of drug-likeness (QED) is 0.591. The minimum absolute atomic E-state index is 0.274. The number of ether oxygens (including phenoxy) is 1. The van der Waals surface area contributed by atoms with Crippen molar-refractivity contribution in [3.8, 4) is 5.75 Å². The first-order valence-electron chi connectivity index (χ1n) is 6.64. The monoisotopic (exact) mass is 294 g/mol. The summed E-state index contributed by atoms with van der Waals surface area (Å²) in [5, 5.41) is 10.6. The van der Waals surface area contributed by atoms with E-state index in [9.17, 15) is 4.79 Å². The molecule has 1 aromatic heterocycles. The molecule has 7 heteroatoms. The third-order valence-electron chi connectivity index (χ3n) is 3.56. The number of carbonyl (C=O) groups excluding carboxylic acids is 1. The van der Waals surface area contributed by atoms with Crippen molar-refractivity contribution >= 4 is 18.9 Å². The number of nitrogens with one attached hydrogen (secondary N) is 1. The maximum absolute atomic E-state index is 11.6. The first-order chi connectivity index (χ1) is 9.62. The van der Waals surface area contributed by atoms with Crippen LogP contribution in [-0.2, 0) is 4.65 Å². The van der Waals surface area contributed by atoms with Crippen molar-refractivity contribution in [3.63, 3.8) is 0 Å². The predicted molar refractivity (Wildman–Crippen MR) is 82.4 cm³/mol. The Morgan fingerprint density at radius 1 is 1.38 bits per heavy atom. The molecule has 0 saturated heterocycles. The number of hydrogen-bond acceptors (Lipinski definition) is 4. The Balaban J connectivity index is 2.98. The lowest BCUT2D eigenvalue weighted by Crippen LogP contribution is -2.49. The second-order valence-electron chi connectivity index (χ2n) is 5.76. The highest BCUT2D eigenvalue weighted by Crippen LogP contribution is 2.24. The van der Waals surface area contributed by atoms with Crippen LogP contribution in [0.25, 0.3) is 0 Å². The minimum atomic E-state index is -0.784. The van der Waals surface area contributed by atoms with E-state index in [2.05, 4.69) is 10.3 Å². The van der Waals surface area contributed by atoms with Crippen LogP contribution in [0.15, 0.2) is 12.3 Å². The molecular weight excluding hydrogens is 271 g/mol. The Bertz CT molecular complexity index is 512.